The quantitative estimate of drug-likeness (QED) is 0.291. The Morgan fingerprint density at radius 2 is 1.94 bits per heavy atom. The number of anilines is 1. The zero-order valence-electron chi connectivity index (χ0n) is 18.9. The monoisotopic (exact) mass is 502 g/mol. The molecule has 1 amide bonds. The molecule has 1 saturated heterocycles. The number of thioether (sulfide) groups is 1. The summed E-state index contributed by atoms with van der Waals surface area (Å²) in [5.74, 6) is 0.806. The SMILES string of the molecule is Cc1ccc2nc(NCCc3ccccc3)c(C=C3SC(=S)N(Cc4ccco4)C3=O)c(=O)n2c1. The van der Waals surface area contributed by atoms with E-state index in [-0.39, 0.29) is 18.0 Å². The summed E-state index contributed by atoms with van der Waals surface area (Å²) in [4.78, 5) is 33.2. The van der Waals surface area contributed by atoms with Crippen LogP contribution in [0.25, 0.3) is 11.7 Å². The third-order valence-electron chi connectivity index (χ3n) is 5.60. The number of nitrogens with one attached hydrogen (secondary N) is 1. The molecule has 35 heavy (non-hydrogen) atoms. The molecule has 5 rings (SSSR count). The predicted molar refractivity (Wildman–Crippen MR) is 142 cm³/mol. The van der Waals surface area contributed by atoms with E-state index in [4.69, 9.17) is 21.6 Å². The molecule has 7 nitrogen and oxygen atoms in total. The molecular weight excluding hydrogens is 480 g/mol. The zero-order valence-corrected chi connectivity index (χ0v) is 20.6. The van der Waals surface area contributed by atoms with Crippen LogP contribution in [0.2, 0.25) is 0 Å². The number of furan rings is 1. The van der Waals surface area contributed by atoms with Gasteiger partial charge in [-0.25, -0.2) is 4.98 Å². The molecule has 4 aromatic rings. The smallest absolute Gasteiger partial charge is 0.267 e. The normalized spacial score (nSPS) is 14.9. The summed E-state index contributed by atoms with van der Waals surface area (Å²) in [6.45, 7) is 2.74. The van der Waals surface area contributed by atoms with Gasteiger partial charge in [-0.2, -0.15) is 0 Å². The lowest BCUT2D eigenvalue weighted by molar-refractivity contribution is -0.122. The average molecular weight is 503 g/mol. The molecular formula is C26H22N4O3S2. The van der Waals surface area contributed by atoms with Crippen LogP contribution in [0.15, 0.2) is 81.2 Å². The molecule has 0 unspecified atom stereocenters. The molecule has 0 atom stereocenters. The molecule has 1 fully saturated rings. The second-order valence-corrected chi connectivity index (χ2v) is 9.80. The van der Waals surface area contributed by atoms with Gasteiger partial charge < -0.3 is 9.73 Å². The van der Waals surface area contributed by atoms with Crippen LogP contribution < -0.4 is 10.9 Å². The fourth-order valence-corrected chi connectivity index (χ4v) is 5.06. The Labute approximate surface area is 211 Å². The van der Waals surface area contributed by atoms with E-state index in [0.717, 1.165) is 12.0 Å². The average Bonchev–Trinajstić information content (AvgIpc) is 3.46. The van der Waals surface area contributed by atoms with E-state index in [9.17, 15) is 9.59 Å². The number of thiocarbonyl (C=S) groups is 1. The summed E-state index contributed by atoms with van der Waals surface area (Å²) in [6, 6.07) is 17.4. The first-order valence-corrected chi connectivity index (χ1v) is 12.3. The highest BCUT2D eigenvalue weighted by Gasteiger charge is 2.33. The summed E-state index contributed by atoms with van der Waals surface area (Å²) in [5.41, 5.74) is 2.71. The lowest BCUT2D eigenvalue weighted by Gasteiger charge is -2.13. The molecule has 3 aromatic heterocycles. The molecule has 1 aliphatic rings. The van der Waals surface area contributed by atoms with Crippen LogP contribution in [0.4, 0.5) is 5.82 Å². The van der Waals surface area contributed by atoms with Crippen LogP contribution in [-0.4, -0.2) is 31.1 Å². The molecule has 0 saturated carbocycles. The van der Waals surface area contributed by atoms with Crippen molar-refractivity contribution in [3.63, 3.8) is 0 Å². The van der Waals surface area contributed by atoms with E-state index in [0.29, 0.717) is 38.6 Å². The highest BCUT2D eigenvalue weighted by molar-refractivity contribution is 8.26. The summed E-state index contributed by atoms with van der Waals surface area (Å²) >= 11 is 6.61. The summed E-state index contributed by atoms with van der Waals surface area (Å²) in [6.07, 6.45) is 5.66. The minimum atomic E-state index is -0.264. The van der Waals surface area contributed by atoms with Crippen molar-refractivity contribution in [2.75, 3.05) is 11.9 Å². The topological polar surface area (TPSA) is 79.8 Å². The number of fused-ring (bicyclic) bond motifs is 1. The lowest BCUT2D eigenvalue weighted by atomic mass is 10.1. The molecule has 1 aromatic carbocycles. The standard InChI is InChI=1S/C26H22N4O3S2/c1-17-9-10-22-28-23(27-12-11-18-6-3-2-4-7-18)20(24(31)29(22)15-17)14-21-25(32)30(26(34)35-21)16-19-8-5-13-33-19/h2-10,13-15,27H,11-12,16H2,1H3. The number of carbonyl (C=O) groups is 1. The van der Waals surface area contributed by atoms with Gasteiger partial charge in [0.1, 0.15) is 21.5 Å². The maximum absolute atomic E-state index is 13.5. The number of nitrogens with zero attached hydrogens (tertiary/aromatic N) is 3. The minimum Gasteiger partial charge on any atom is -0.467 e. The number of benzene rings is 1. The molecule has 0 bridgehead atoms. The van der Waals surface area contributed by atoms with Gasteiger partial charge in [-0.3, -0.25) is 18.9 Å². The first-order chi connectivity index (χ1) is 17.0. The van der Waals surface area contributed by atoms with E-state index >= 15 is 0 Å². The Morgan fingerprint density at radius 3 is 2.71 bits per heavy atom. The third-order valence-corrected chi connectivity index (χ3v) is 6.98. The van der Waals surface area contributed by atoms with Crippen LogP contribution in [0.3, 0.4) is 0 Å². The fourth-order valence-electron chi connectivity index (χ4n) is 3.82. The number of rotatable bonds is 7. The Morgan fingerprint density at radius 1 is 1.11 bits per heavy atom. The van der Waals surface area contributed by atoms with Crippen molar-refractivity contribution in [1.82, 2.24) is 14.3 Å². The number of hydrogen-bond acceptors (Lipinski definition) is 7. The first-order valence-electron chi connectivity index (χ1n) is 11.1. The predicted octanol–water partition coefficient (Wildman–Crippen LogP) is 4.65. The van der Waals surface area contributed by atoms with Gasteiger partial charge in [0.25, 0.3) is 11.5 Å². The Balaban J connectivity index is 1.49. The summed E-state index contributed by atoms with van der Waals surface area (Å²) in [7, 11) is 0. The van der Waals surface area contributed by atoms with Crippen molar-refractivity contribution in [2.45, 2.75) is 19.9 Å². The maximum Gasteiger partial charge on any atom is 0.267 e. The van der Waals surface area contributed by atoms with E-state index < -0.39 is 0 Å². The number of pyridine rings is 1. The highest BCUT2D eigenvalue weighted by Crippen LogP contribution is 2.34. The number of amides is 1. The van der Waals surface area contributed by atoms with Crippen molar-refractivity contribution < 1.29 is 9.21 Å². The number of aryl methyl sites for hydroxylation is 1. The molecule has 0 spiro atoms. The molecule has 4 heterocycles. The fraction of sp³-hybridized carbons (Fsp3) is 0.154. The van der Waals surface area contributed by atoms with Crippen molar-refractivity contribution in [3.8, 4) is 0 Å². The van der Waals surface area contributed by atoms with Crippen LogP contribution in [0.5, 0.6) is 0 Å². The summed E-state index contributed by atoms with van der Waals surface area (Å²) < 4.78 is 7.29. The van der Waals surface area contributed by atoms with Crippen molar-refractivity contribution in [2.24, 2.45) is 0 Å². The molecule has 9 heteroatoms. The van der Waals surface area contributed by atoms with Gasteiger partial charge in [0.05, 0.1) is 23.3 Å². The van der Waals surface area contributed by atoms with Crippen LogP contribution in [0.1, 0.15) is 22.5 Å². The first kappa shape index (κ1) is 23.1. The van der Waals surface area contributed by atoms with Gasteiger partial charge >= 0.3 is 0 Å². The van der Waals surface area contributed by atoms with Crippen LogP contribution >= 0.6 is 24.0 Å². The summed E-state index contributed by atoms with van der Waals surface area (Å²) in [5, 5.41) is 3.31. The Hall–Kier alpha value is -3.69. The molecule has 1 aliphatic heterocycles. The Kier molecular flexibility index (Phi) is 6.52. The maximum atomic E-state index is 13.5. The van der Waals surface area contributed by atoms with E-state index in [2.05, 4.69) is 17.4 Å². The van der Waals surface area contributed by atoms with Gasteiger partial charge in [-0.1, -0.05) is 60.4 Å². The van der Waals surface area contributed by atoms with E-state index in [1.807, 2.05) is 37.3 Å². The molecule has 176 valence electrons. The Bertz CT molecular complexity index is 1490. The van der Waals surface area contributed by atoms with Crippen LogP contribution in [0, 0.1) is 6.92 Å². The number of hydrogen-bond donors (Lipinski definition) is 1. The van der Waals surface area contributed by atoms with Crippen LogP contribution in [-0.2, 0) is 17.8 Å². The number of carbonyl (C=O) groups excluding carboxylic acids is 1. The lowest BCUT2D eigenvalue weighted by Crippen LogP contribution is -2.27. The molecule has 1 N–H and O–H groups in total. The molecule has 0 radical (unpaired) electrons. The minimum absolute atomic E-state index is 0.241. The van der Waals surface area contributed by atoms with Gasteiger partial charge in [-0.15, -0.1) is 0 Å². The van der Waals surface area contributed by atoms with E-state index in [1.165, 1.54) is 26.6 Å². The van der Waals surface area contributed by atoms with Gasteiger partial charge in [-0.05, 0) is 48.7 Å². The zero-order chi connectivity index (χ0) is 24.4. The second-order valence-electron chi connectivity index (χ2n) is 8.12. The van der Waals surface area contributed by atoms with Gasteiger partial charge in [0.15, 0.2) is 0 Å². The van der Waals surface area contributed by atoms with Gasteiger partial charge in [0, 0.05) is 12.7 Å². The van der Waals surface area contributed by atoms with Crippen molar-refractivity contribution in [3.05, 3.63) is 105 Å². The van der Waals surface area contributed by atoms with Gasteiger partial charge in [0.2, 0.25) is 0 Å². The largest absolute Gasteiger partial charge is 0.467 e. The second kappa shape index (κ2) is 9.89. The molecule has 0 aliphatic carbocycles. The number of aromatic nitrogens is 2. The van der Waals surface area contributed by atoms with Crippen molar-refractivity contribution in [1.29, 1.82) is 0 Å². The van der Waals surface area contributed by atoms with E-state index in [1.54, 1.807) is 30.7 Å². The highest BCUT2D eigenvalue weighted by atomic mass is 32.2. The third kappa shape index (κ3) is 4.91. The van der Waals surface area contributed by atoms with Crippen molar-refractivity contribution >= 4 is 51.7 Å².